The number of unbranched alkanes of at least 4 members (excludes halogenated alkanes) is 12. The van der Waals surface area contributed by atoms with Crippen LogP contribution in [-0.4, -0.2) is 277 Å². The first-order chi connectivity index (χ1) is 46.9. The minimum Gasteiger partial charge on any atom is -0.394 e. The maximum atomic E-state index is 13.9. The third-order valence-electron chi connectivity index (χ3n) is 17.7. The number of rotatable bonds is 56. The third kappa shape index (κ3) is 35.3. The lowest BCUT2D eigenvalue weighted by Crippen LogP contribution is -2.58. The zero-order valence-electron chi connectivity index (χ0n) is 58.8. The molecule has 3 aliphatic heterocycles. The fraction of sp³-hybridized carbons (Fsp3) is 0.924. The highest BCUT2D eigenvalue weighted by Gasteiger charge is 2.45. The first-order valence-corrected chi connectivity index (χ1v) is 37.4. The Balaban J connectivity index is 1.56. The Morgan fingerprint density at radius 2 is 0.684 bits per heavy atom. The maximum absolute atomic E-state index is 13.9. The van der Waals surface area contributed by atoms with Gasteiger partial charge in [-0.05, 0) is 57.8 Å². The predicted molar refractivity (Wildman–Crippen MR) is 356 cm³/mol. The second kappa shape index (κ2) is 51.0. The molecule has 3 aliphatic rings. The fourth-order valence-corrected chi connectivity index (χ4v) is 11.7. The molecular formula is C66H124N5O26P. The smallest absolute Gasteiger partial charge is 0.330 e. The van der Waals surface area contributed by atoms with Crippen LogP contribution in [-0.2, 0) is 75.7 Å². The van der Waals surface area contributed by atoms with Crippen LogP contribution in [0.1, 0.15) is 176 Å². The SMILES string of the molecule is CC1[C@H](OCCCCCCNC(=O)CCOCC(COCCC(=O)NCCCCCCO[C@@H]2OC(CO)[C@H](O)[C@H](O)C2C)(COCCC(=O)NCCCCCCO[C@@H]2OC(CO)[C@H](O)[C@H](O)C2C)NC(=O)CCCC(=O)NCCCCCCOP(=O)(O)C(C)C)OC(CO)[C@H](O)[C@@H]1O. The Morgan fingerprint density at radius 3 is 0.990 bits per heavy atom. The lowest BCUT2D eigenvalue weighted by Gasteiger charge is -2.40. The first-order valence-electron chi connectivity index (χ1n) is 35.7. The molecule has 0 aromatic rings. The van der Waals surface area contributed by atoms with Crippen molar-refractivity contribution in [1.82, 2.24) is 26.6 Å². The van der Waals surface area contributed by atoms with E-state index >= 15 is 0 Å². The molecule has 16 atom stereocenters. The van der Waals surface area contributed by atoms with Gasteiger partial charge < -0.3 is 125 Å². The van der Waals surface area contributed by atoms with E-state index in [1.807, 2.05) is 0 Å². The normalized spacial score (nSPS) is 27.0. The van der Waals surface area contributed by atoms with E-state index in [4.69, 9.17) is 47.2 Å². The quantitative estimate of drug-likeness (QED) is 0.0296. The van der Waals surface area contributed by atoms with Crippen molar-refractivity contribution in [2.75, 3.05) is 112 Å². The topological polar surface area (TPSA) is 457 Å². The molecule has 0 aromatic carbocycles. The van der Waals surface area contributed by atoms with Crippen molar-refractivity contribution in [1.29, 1.82) is 0 Å². The van der Waals surface area contributed by atoms with Gasteiger partial charge in [-0.1, -0.05) is 86.0 Å². The molecule has 0 saturated carbocycles. The summed E-state index contributed by atoms with van der Waals surface area (Å²) in [6.45, 7) is 8.95. The van der Waals surface area contributed by atoms with E-state index in [2.05, 4.69) is 26.6 Å². The number of carbonyl (C=O) groups excluding carboxylic acids is 5. The molecule has 0 aliphatic carbocycles. The van der Waals surface area contributed by atoms with Crippen molar-refractivity contribution >= 4 is 37.1 Å². The largest absolute Gasteiger partial charge is 0.394 e. The molecule has 0 radical (unpaired) electrons. The summed E-state index contributed by atoms with van der Waals surface area (Å²) in [5.41, 5.74) is -1.89. The second-order valence-electron chi connectivity index (χ2n) is 26.4. The highest BCUT2D eigenvalue weighted by atomic mass is 31.2. The third-order valence-corrected chi connectivity index (χ3v) is 19.5. The lowest BCUT2D eigenvalue weighted by atomic mass is 9.92. The van der Waals surface area contributed by atoms with E-state index in [1.165, 1.54) is 0 Å². The van der Waals surface area contributed by atoms with Crippen LogP contribution in [0.3, 0.4) is 0 Å². The Labute approximate surface area is 579 Å². The Morgan fingerprint density at radius 1 is 0.398 bits per heavy atom. The monoisotopic (exact) mass is 1430 g/mol. The first kappa shape index (κ1) is 89.0. The maximum Gasteiger partial charge on any atom is 0.330 e. The number of hydrogen-bond donors (Lipinski definition) is 15. The summed E-state index contributed by atoms with van der Waals surface area (Å²) < 4.78 is 69.8. The molecule has 5 amide bonds. The van der Waals surface area contributed by atoms with Crippen molar-refractivity contribution in [2.45, 2.75) is 261 Å². The van der Waals surface area contributed by atoms with E-state index in [0.717, 1.165) is 51.4 Å². The number of aliphatic hydroxyl groups excluding tert-OH is 9. The second-order valence-corrected chi connectivity index (χ2v) is 28.9. The molecule has 7 unspecified atom stereocenters. The van der Waals surface area contributed by atoms with Gasteiger partial charge in [0, 0.05) is 95.9 Å². The van der Waals surface area contributed by atoms with Crippen molar-refractivity contribution in [3.63, 3.8) is 0 Å². The molecule has 32 heteroatoms. The van der Waals surface area contributed by atoms with Gasteiger partial charge in [0.05, 0.1) is 90.0 Å². The van der Waals surface area contributed by atoms with Crippen LogP contribution in [0.25, 0.3) is 0 Å². The minimum absolute atomic E-state index is 0.0280. The zero-order valence-corrected chi connectivity index (χ0v) is 59.7. The van der Waals surface area contributed by atoms with E-state index in [1.54, 1.807) is 34.6 Å². The molecule has 0 spiro atoms. The van der Waals surface area contributed by atoms with Gasteiger partial charge in [0.25, 0.3) is 0 Å². The molecule has 31 nitrogen and oxygen atoms in total. The van der Waals surface area contributed by atoms with E-state index in [-0.39, 0.29) is 108 Å². The van der Waals surface area contributed by atoms with Crippen LogP contribution in [0.5, 0.6) is 0 Å². The van der Waals surface area contributed by atoms with Gasteiger partial charge in [0.2, 0.25) is 29.5 Å². The lowest BCUT2D eigenvalue weighted by molar-refractivity contribution is -0.282. The van der Waals surface area contributed by atoms with Gasteiger partial charge in [-0.3, -0.25) is 28.5 Å². The van der Waals surface area contributed by atoms with Gasteiger partial charge in [-0.2, -0.15) is 0 Å². The standard InChI is InChI=1S/C66H124N5O26P/c1-45(2)98(86,87)94-35-21-13-9-17-28-67-52(75)23-22-24-56(79)71-66(42-88-36-25-53(76)68-29-14-6-10-18-32-91-63-46(3)57(80)60(83)49(39-72)95-63,43-89-37-26-54(77)69-30-15-7-11-19-33-92-64-47(4)58(81)61(84)50(40-73)96-64)44-90-38-27-55(78)70-31-16-8-12-20-34-93-65-48(5)59(82)62(85)51(41-74)97-65/h45-51,57-65,72-74,80-85H,6-44H2,1-5H3,(H,67,75)(H,68,76)(H,69,77)(H,70,78)(H,71,79)(H,86,87)/t46?,47?,48?,49?,50?,51?,57-,58-,59-,60+,61+,62+,63-,64-,65-,66?/m1/s1. The Hall–Kier alpha value is -3.22. The van der Waals surface area contributed by atoms with Gasteiger partial charge in [0.1, 0.15) is 42.2 Å². The van der Waals surface area contributed by atoms with Gasteiger partial charge in [-0.25, -0.2) is 0 Å². The van der Waals surface area contributed by atoms with E-state index < -0.39 is 136 Å². The summed E-state index contributed by atoms with van der Waals surface area (Å²) in [6.07, 6.45) is -0.463. The molecule has 574 valence electrons. The molecule has 3 heterocycles. The molecule has 0 bridgehead atoms. The number of nitrogens with one attached hydrogen (secondary N) is 5. The number of amides is 5. The Kier molecular flexibility index (Phi) is 46.3. The minimum atomic E-state index is -3.63. The summed E-state index contributed by atoms with van der Waals surface area (Å²) in [5.74, 6) is -3.01. The van der Waals surface area contributed by atoms with Crippen molar-refractivity contribution in [3.8, 4) is 0 Å². The molecule has 15 N–H and O–H groups in total. The van der Waals surface area contributed by atoms with Gasteiger partial charge >= 0.3 is 7.60 Å². The molecule has 3 fully saturated rings. The summed E-state index contributed by atoms with van der Waals surface area (Å²) in [5, 5.41) is 104. The van der Waals surface area contributed by atoms with E-state index in [9.17, 15) is 79.4 Å². The van der Waals surface area contributed by atoms with Crippen molar-refractivity contribution in [2.24, 2.45) is 17.8 Å². The van der Waals surface area contributed by atoms with E-state index in [0.29, 0.717) is 97.4 Å². The van der Waals surface area contributed by atoms with Crippen molar-refractivity contribution in [3.05, 3.63) is 0 Å². The zero-order chi connectivity index (χ0) is 72.3. The van der Waals surface area contributed by atoms with Crippen LogP contribution in [0.15, 0.2) is 0 Å². The van der Waals surface area contributed by atoms with Crippen LogP contribution in [0, 0.1) is 17.8 Å². The fourth-order valence-electron chi connectivity index (χ4n) is 11.1. The van der Waals surface area contributed by atoms with Gasteiger partial charge in [0.15, 0.2) is 18.9 Å². The van der Waals surface area contributed by atoms with Crippen LogP contribution in [0.4, 0.5) is 0 Å². The average molecular weight is 1430 g/mol. The van der Waals surface area contributed by atoms with Crippen molar-refractivity contribution < 1.29 is 127 Å². The number of hydrogen-bond acceptors (Lipinski definition) is 25. The summed E-state index contributed by atoms with van der Waals surface area (Å²) in [6, 6.07) is 0. The average Bonchev–Trinajstić information content (AvgIpc) is 0.853. The number of ether oxygens (including phenoxy) is 9. The van der Waals surface area contributed by atoms with Crippen LogP contribution in [0.2, 0.25) is 0 Å². The molecule has 3 saturated heterocycles. The number of carbonyl (C=O) groups is 5. The van der Waals surface area contributed by atoms with Crippen LogP contribution < -0.4 is 26.6 Å². The Bertz CT molecular complexity index is 2040. The summed E-state index contributed by atoms with van der Waals surface area (Å²) in [4.78, 5) is 75.6. The highest BCUT2D eigenvalue weighted by molar-refractivity contribution is 7.53. The summed E-state index contributed by atoms with van der Waals surface area (Å²) >= 11 is 0. The van der Waals surface area contributed by atoms with Gasteiger partial charge in [-0.15, -0.1) is 0 Å². The summed E-state index contributed by atoms with van der Waals surface area (Å²) in [7, 11) is -3.63. The highest BCUT2D eigenvalue weighted by Crippen LogP contribution is 2.47. The number of aliphatic hydroxyl groups is 9. The van der Waals surface area contributed by atoms with Crippen LogP contribution >= 0.6 is 7.60 Å². The molecule has 0 aromatic heterocycles. The molecular weight excluding hydrogens is 1310 g/mol. The molecule has 3 rings (SSSR count). The predicted octanol–water partition coefficient (Wildman–Crippen LogP) is 0.824. The molecule has 98 heavy (non-hydrogen) atoms.